The van der Waals surface area contributed by atoms with Crippen molar-refractivity contribution in [3.8, 4) is 0 Å². The van der Waals surface area contributed by atoms with E-state index < -0.39 is 23.7 Å². The molecule has 1 amide bonds. The molecular weight excluding hydrogens is 324 g/mol. The Labute approximate surface area is 142 Å². The molecule has 0 spiro atoms. The first-order valence-corrected chi connectivity index (χ1v) is 7.63. The highest BCUT2D eigenvalue weighted by atomic mass is 16.5. The zero-order chi connectivity index (χ0) is 18.0. The Morgan fingerprint density at radius 2 is 1.96 bits per heavy atom. The highest BCUT2D eigenvalue weighted by Crippen LogP contribution is 2.18. The van der Waals surface area contributed by atoms with E-state index >= 15 is 0 Å². The van der Waals surface area contributed by atoms with Crippen molar-refractivity contribution in [2.75, 3.05) is 0 Å². The van der Waals surface area contributed by atoms with Crippen molar-refractivity contribution in [3.63, 3.8) is 0 Å². The quantitative estimate of drug-likeness (QED) is 0.715. The maximum absolute atomic E-state index is 12.3. The van der Waals surface area contributed by atoms with Crippen LogP contribution in [0.15, 0.2) is 57.7 Å². The Hall–Kier alpha value is -3.35. The second kappa shape index (κ2) is 6.64. The van der Waals surface area contributed by atoms with Gasteiger partial charge in [0.1, 0.15) is 12.6 Å². The van der Waals surface area contributed by atoms with Crippen LogP contribution in [0.25, 0.3) is 11.1 Å². The number of amides is 1. The van der Waals surface area contributed by atoms with Gasteiger partial charge in [0.15, 0.2) is 5.58 Å². The molecule has 1 aromatic heterocycles. The summed E-state index contributed by atoms with van der Waals surface area (Å²) in [4.78, 5) is 35.5. The summed E-state index contributed by atoms with van der Waals surface area (Å²) in [5, 5.41) is 0. The Kier molecular flexibility index (Phi) is 4.38. The molecule has 0 aliphatic carbocycles. The molecule has 0 radical (unpaired) electrons. The Bertz CT molecular complexity index is 1000. The van der Waals surface area contributed by atoms with Crippen LogP contribution in [-0.4, -0.2) is 16.4 Å². The van der Waals surface area contributed by atoms with E-state index in [9.17, 15) is 14.4 Å². The summed E-state index contributed by atoms with van der Waals surface area (Å²) in [6.45, 7) is 1.53. The molecule has 128 valence electrons. The SMILES string of the molecule is CC(C(=O)OCc1cccc(C(N)=O)c1)n1c(=O)oc2ccccc21. The number of aromatic nitrogens is 1. The fourth-order valence-corrected chi connectivity index (χ4v) is 2.55. The minimum Gasteiger partial charge on any atom is -0.459 e. The number of hydrogen-bond donors (Lipinski definition) is 1. The van der Waals surface area contributed by atoms with Gasteiger partial charge in [0.25, 0.3) is 0 Å². The van der Waals surface area contributed by atoms with Crippen LogP contribution >= 0.6 is 0 Å². The Morgan fingerprint density at radius 3 is 2.72 bits per heavy atom. The van der Waals surface area contributed by atoms with Crippen molar-refractivity contribution in [2.24, 2.45) is 5.73 Å². The molecule has 0 aliphatic heterocycles. The van der Waals surface area contributed by atoms with Crippen molar-refractivity contribution < 1.29 is 18.7 Å². The fourth-order valence-electron chi connectivity index (χ4n) is 2.55. The summed E-state index contributed by atoms with van der Waals surface area (Å²) in [7, 11) is 0. The van der Waals surface area contributed by atoms with Crippen LogP contribution in [-0.2, 0) is 16.1 Å². The van der Waals surface area contributed by atoms with Crippen LogP contribution in [0.3, 0.4) is 0 Å². The lowest BCUT2D eigenvalue weighted by atomic mass is 10.1. The molecule has 7 heteroatoms. The number of nitrogens with zero attached hydrogens (tertiary/aromatic N) is 1. The largest absolute Gasteiger partial charge is 0.459 e. The van der Waals surface area contributed by atoms with E-state index in [0.29, 0.717) is 22.2 Å². The lowest BCUT2D eigenvalue weighted by Crippen LogP contribution is -2.26. The van der Waals surface area contributed by atoms with Gasteiger partial charge in [-0.05, 0) is 36.8 Å². The van der Waals surface area contributed by atoms with Gasteiger partial charge in [-0.2, -0.15) is 0 Å². The first kappa shape index (κ1) is 16.5. The van der Waals surface area contributed by atoms with E-state index in [0.717, 1.165) is 0 Å². The number of benzene rings is 2. The topological polar surface area (TPSA) is 105 Å². The first-order chi connectivity index (χ1) is 12.0. The van der Waals surface area contributed by atoms with E-state index in [4.69, 9.17) is 14.9 Å². The monoisotopic (exact) mass is 340 g/mol. The van der Waals surface area contributed by atoms with Gasteiger partial charge in [0, 0.05) is 5.56 Å². The number of carbonyl (C=O) groups excluding carboxylic acids is 2. The molecular formula is C18H16N2O5. The summed E-state index contributed by atoms with van der Waals surface area (Å²) in [6, 6.07) is 12.5. The number of ether oxygens (including phenoxy) is 1. The average Bonchev–Trinajstić information content (AvgIpc) is 2.95. The fraction of sp³-hybridized carbons (Fsp3) is 0.167. The standard InChI is InChI=1S/C18H16N2O5/c1-11(20-14-7-2-3-8-15(14)25-18(20)23)17(22)24-10-12-5-4-6-13(9-12)16(19)21/h2-9,11H,10H2,1H3,(H2,19,21). The predicted molar refractivity (Wildman–Crippen MR) is 89.9 cm³/mol. The lowest BCUT2D eigenvalue weighted by Gasteiger charge is -2.12. The van der Waals surface area contributed by atoms with Crippen LogP contribution < -0.4 is 11.5 Å². The van der Waals surface area contributed by atoms with E-state index in [-0.39, 0.29) is 6.61 Å². The normalized spacial score (nSPS) is 12.0. The molecule has 1 unspecified atom stereocenters. The zero-order valence-corrected chi connectivity index (χ0v) is 13.5. The Balaban J connectivity index is 1.77. The first-order valence-electron chi connectivity index (χ1n) is 7.63. The summed E-state index contributed by atoms with van der Waals surface area (Å²) >= 11 is 0. The van der Waals surface area contributed by atoms with E-state index in [2.05, 4.69) is 0 Å². The summed E-state index contributed by atoms with van der Waals surface area (Å²) in [5.41, 5.74) is 7.11. The maximum atomic E-state index is 12.3. The summed E-state index contributed by atoms with van der Waals surface area (Å²) in [6.07, 6.45) is 0. The number of para-hydroxylation sites is 2. The van der Waals surface area contributed by atoms with E-state index in [1.807, 2.05) is 0 Å². The molecule has 0 saturated carbocycles. The number of nitrogens with two attached hydrogens (primary N) is 1. The number of carbonyl (C=O) groups is 2. The third kappa shape index (κ3) is 3.30. The van der Waals surface area contributed by atoms with Gasteiger partial charge in [0.05, 0.1) is 5.52 Å². The van der Waals surface area contributed by atoms with Gasteiger partial charge in [-0.15, -0.1) is 0 Å². The van der Waals surface area contributed by atoms with Gasteiger partial charge >= 0.3 is 11.7 Å². The number of fused-ring (bicyclic) bond motifs is 1. The maximum Gasteiger partial charge on any atom is 0.420 e. The molecule has 2 aromatic carbocycles. The molecule has 3 aromatic rings. The molecule has 1 atom stereocenters. The van der Waals surface area contributed by atoms with Crippen molar-refractivity contribution in [1.82, 2.24) is 4.57 Å². The molecule has 2 N–H and O–H groups in total. The molecule has 0 bridgehead atoms. The van der Waals surface area contributed by atoms with Gasteiger partial charge in [0.2, 0.25) is 5.91 Å². The van der Waals surface area contributed by atoms with Crippen LogP contribution in [0.4, 0.5) is 0 Å². The van der Waals surface area contributed by atoms with Gasteiger partial charge in [-0.1, -0.05) is 24.3 Å². The van der Waals surface area contributed by atoms with Gasteiger partial charge in [-0.3, -0.25) is 9.36 Å². The van der Waals surface area contributed by atoms with Crippen molar-refractivity contribution in [2.45, 2.75) is 19.6 Å². The smallest absolute Gasteiger partial charge is 0.420 e. The number of hydrogen-bond acceptors (Lipinski definition) is 5. The highest BCUT2D eigenvalue weighted by Gasteiger charge is 2.22. The van der Waals surface area contributed by atoms with Gasteiger partial charge < -0.3 is 14.9 Å². The van der Waals surface area contributed by atoms with Crippen molar-refractivity contribution >= 4 is 23.0 Å². The minimum absolute atomic E-state index is 0.0329. The summed E-state index contributed by atoms with van der Waals surface area (Å²) in [5.74, 6) is -1.77. The number of primary amides is 1. The van der Waals surface area contributed by atoms with Crippen LogP contribution in [0.1, 0.15) is 28.9 Å². The molecule has 0 aliphatic rings. The van der Waals surface area contributed by atoms with E-state index in [1.165, 1.54) is 4.57 Å². The van der Waals surface area contributed by atoms with E-state index in [1.54, 1.807) is 55.5 Å². The number of oxazole rings is 1. The second-order valence-corrected chi connectivity index (χ2v) is 5.55. The highest BCUT2D eigenvalue weighted by molar-refractivity contribution is 5.92. The Morgan fingerprint density at radius 1 is 1.20 bits per heavy atom. The number of rotatable bonds is 5. The lowest BCUT2D eigenvalue weighted by molar-refractivity contribution is -0.148. The number of esters is 1. The molecule has 0 saturated heterocycles. The van der Waals surface area contributed by atoms with Crippen molar-refractivity contribution in [3.05, 3.63) is 70.2 Å². The third-order valence-electron chi connectivity index (χ3n) is 3.84. The third-order valence-corrected chi connectivity index (χ3v) is 3.84. The molecule has 0 fully saturated rings. The predicted octanol–water partition coefficient (Wildman–Crippen LogP) is 2.00. The van der Waals surface area contributed by atoms with Crippen LogP contribution in [0, 0.1) is 0 Å². The molecule has 7 nitrogen and oxygen atoms in total. The van der Waals surface area contributed by atoms with Crippen molar-refractivity contribution in [1.29, 1.82) is 0 Å². The van der Waals surface area contributed by atoms with Crippen LogP contribution in [0.5, 0.6) is 0 Å². The van der Waals surface area contributed by atoms with Crippen LogP contribution in [0.2, 0.25) is 0 Å². The zero-order valence-electron chi connectivity index (χ0n) is 13.5. The summed E-state index contributed by atoms with van der Waals surface area (Å²) < 4.78 is 11.6. The average molecular weight is 340 g/mol. The molecule has 1 heterocycles. The minimum atomic E-state index is -0.851. The second-order valence-electron chi connectivity index (χ2n) is 5.55. The van der Waals surface area contributed by atoms with Gasteiger partial charge in [-0.25, -0.2) is 9.59 Å². The molecule has 25 heavy (non-hydrogen) atoms. The molecule has 3 rings (SSSR count).